The third-order valence-corrected chi connectivity index (χ3v) is 7.93. The third-order valence-electron chi connectivity index (χ3n) is 7.93. The number of anilines is 1. The van der Waals surface area contributed by atoms with E-state index >= 15 is 0 Å². The zero-order valence-electron chi connectivity index (χ0n) is 23.1. The molecule has 41 heavy (non-hydrogen) atoms. The number of carbonyl (C=O) groups is 1. The Bertz CT molecular complexity index is 1740. The molecule has 1 saturated heterocycles. The molecule has 2 aliphatic rings. The maximum Gasteiger partial charge on any atom is 0.299 e. The largest absolute Gasteiger partial charge is 0.504 e. The lowest BCUT2D eigenvalue weighted by Crippen LogP contribution is -2.51. The van der Waals surface area contributed by atoms with Gasteiger partial charge in [-0.05, 0) is 37.5 Å². The lowest BCUT2D eigenvalue weighted by atomic mass is 10.1. The van der Waals surface area contributed by atoms with E-state index in [2.05, 4.69) is 20.1 Å². The molecule has 13 heteroatoms. The molecular formula is C28H30F2N8O3. The maximum atomic E-state index is 14.0. The van der Waals surface area contributed by atoms with E-state index in [0.29, 0.717) is 78.8 Å². The molecular weight excluding hydrogens is 534 g/mol. The Balaban J connectivity index is 1.33. The van der Waals surface area contributed by atoms with Crippen molar-refractivity contribution in [2.45, 2.75) is 52.5 Å². The van der Waals surface area contributed by atoms with E-state index in [4.69, 9.17) is 0 Å². The Morgan fingerprint density at radius 1 is 1.07 bits per heavy atom. The number of aryl methyl sites for hydroxylation is 2. The van der Waals surface area contributed by atoms with Crippen LogP contribution in [0.4, 0.5) is 14.5 Å². The van der Waals surface area contributed by atoms with Crippen molar-refractivity contribution in [1.82, 2.24) is 34.0 Å². The number of nitrogens with zero attached hydrogens (tertiary/aromatic N) is 8. The van der Waals surface area contributed by atoms with Crippen LogP contribution < -0.4 is 10.5 Å². The van der Waals surface area contributed by atoms with Crippen LogP contribution in [0.1, 0.15) is 46.9 Å². The molecule has 3 aromatic heterocycles. The van der Waals surface area contributed by atoms with E-state index in [-0.39, 0.29) is 29.8 Å². The maximum absolute atomic E-state index is 14.0. The number of amides is 1. The van der Waals surface area contributed by atoms with E-state index in [1.54, 1.807) is 30.0 Å². The minimum absolute atomic E-state index is 0.0413. The van der Waals surface area contributed by atoms with Crippen LogP contribution in [-0.4, -0.2) is 77.1 Å². The first-order valence-electron chi connectivity index (χ1n) is 13.7. The van der Waals surface area contributed by atoms with Gasteiger partial charge < -0.3 is 19.5 Å². The van der Waals surface area contributed by atoms with E-state index in [1.807, 2.05) is 23.3 Å². The predicted octanol–water partition coefficient (Wildman–Crippen LogP) is 2.64. The van der Waals surface area contributed by atoms with Crippen molar-refractivity contribution in [2.24, 2.45) is 0 Å². The van der Waals surface area contributed by atoms with Crippen molar-refractivity contribution in [3.05, 3.63) is 63.1 Å². The summed E-state index contributed by atoms with van der Waals surface area (Å²) < 4.78 is 31.2. The summed E-state index contributed by atoms with van der Waals surface area (Å²) in [7, 11) is 0. The molecule has 0 radical (unpaired) electrons. The SMILES string of the molecule is CCc1c(N2CCN(C(=O)c3ncnc(C)c3O)CC2)c(=O)n2nc(-c3ccc4c(c3)CC(F)(F)C4)nc2n1CC. The summed E-state index contributed by atoms with van der Waals surface area (Å²) in [5.74, 6) is -2.69. The zero-order chi connectivity index (χ0) is 29.1. The summed E-state index contributed by atoms with van der Waals surface area (Å²) in [5.41, 5.74) is 3.05. The first-order chi connectivity index (χ1) is 19.6. The second kappa shape index (κ2) is 9.89. The summed E-state index contributed by atoms with van der Waals surface area (Å²) in [4.78, 5) is 43.1. The summed E-state index contributed by atoms with van der Waals surface area (Å²) in [6.07, 6.45) is 1.22. The Labute approximate surface area is 234 Å². The van der Waals surface area contributed by atoms with Crippen LogP contribution in [0.2, 0.25) is 0 Å². The lowest BCUT2D eigenvalue weighted by molar-refractivity contribution is 0.0130. The number of halogens is 2. The van der Waals surface area contributed by atoms with Crippen molar-refractivity contribution < 1.29 is 18.7 Å². The monoisotopic (exact) mass is 564 g/mol. The number of aromatic nitrogens is 6. The quantitative estimate of drug-likeness (QED) is 0.393. The van der Waals surface area contributed by atoms with Gasteiger partial charge in [-0.3, -0.25) is 9.59 Å². The summed E-state index contributed by atoms with van der Waals surface area (Å²) in [6.45, 7) is 7.53. The number of carbonyl (C=O) groups excluding carboxylic acids is 1. The molecule has 6 rings (SSSR count). The summed E-state index contributed by atoms with van der Waals surface area (Å²) >= 11 is 0. The van der Waals surface area contributed by atoms with E-state index < -0.39 is 11.8 Å². The molecule has 0 unspecified atom stereocenters. The van der Waals surface area contributed by atoms with E-state index in [0.717, 1.165) is 5.69 Å². The summed E-state index contributed by atoms with van der Waals surface area (Å²) in [6, 6.07) is 5.11. The number of rotatable bonds is 5. The molecule has 0 atom stereocenters. The second-order valence-electron chi connectivity index (χ2n) is 10.5. The van der Waals surface area contributed by atoms with Gasteiger partial charge in [0.25, 0.3) is 17.4 Å². The number of hydrogen-bond acceptors (Lipinski definition) is 8. The zero-order valence-corrected chi connectivity index (χ0v) is 23.1. The third kappa shape index (κ3) is 4.49. The van der Waals surface area contributed by atoms with Crippen molar-refractivity contribution in [1.29, 1.82) is 0 Å². The minimum atomic E-state index is -2.76. The highest BCUT2D eigenvalue weighted by Gasteiger charge is 2.37. The topological polar surface area (TPSA) is 122 Å². The van der Waals surface area contributed by atoms with Gasteiger partial charge in [-0.15, -0.1) is 5.10 Å². The molecule has 1 aromatic carbocycles. The number of piperazine rings is 1. The lowest BCUT2D eigenvalue weighted by Gasteiger charge is -2.36. The summed E-state index contributed by atoms with van der Waals surface area (Å²) in [5, 5.41) is 14.8. The molecule has 0 spiro atoms. The van der Waals surface area contributed by atoms with Gasteiger partial charge in [0.1, 0.15) is 12.0 Å². The molecule has 1 amide bonds. The molecule has 214 valence electrons. The van der Waals surface area contributed by atoms with Gasteiger partial charge in [-0.2, -0.15) is 9.50 Å². The fraction of sp³-hybridized carbons (Fsp3) is 0.429. The van der Waals surface area contributed by atoms with Crippen molar-refractivity contribution in [2.75, 3.05) is 31.1 Å². The Hall–Kier alpha value is -4.42. The van der Waals surface area contributed by atoms with Gasteiger partial charge in [0.2, 0.25) is 5.78 Å². The Morgan fingerprint density at radius 2 is 1.80 bits per heavy atom. The van der Waals surface area contributed by atoms with Crippen LogP contribution in [0.25, 0.3) is 17.2 Å². The number of fused-ring (bicyclic) bond motifs is 2. The predicted molar refractivity (Wildman–Crippen MR) is 147 cm³/mol. The smallest absolute Gasteiger partial charge is 0.299 e. The van der Waals surface area contributed by atoms with Crippen LogP contribution in [0.5, 0.6) is 5.75 Å². The second-order valence-corrected chi connectivity index (χ2v) is 10.5. The van der Waals surface area contributed by atoms with Gasteiger partial charge in [0, 0.05) is 56.8 Å². The number of aromatic hydroxyl groups is 1. The number of alkyl halides is 2. The molecule has 4 aromatic rings. The van der Waals surface area contributed by atoms with Crippen molar-refractivity contribution >= 4 is 17.4 Å². The van der Waals surface area contributed by atoms with E-state index in [9.17, 15) is 23.5 Å². The minimum Gasteiger partial charge on any atom is -0.504 e. The highest BCUT2D eigenvalue weighted by atomic mass is 19.3. The average molecular weight is 565 g/mol. The first kappa shape index (κ1) is 26.8. The molecule has 0 bridgehead atoms. The van der Waals surface area contributed by atoms with Gasteiger partial charge in [0.15, 0.2) is 17.3 Å². The van der Waals surface area contributed by atoms with Crippen LogP contribution in [0.15, 0.2) is 29.3 Å². The molecule has 1 aliphatic carbocycles. The first-order valence-corrected chi connectivity index (χ1v) is 13.7. The molecule has 0 saturated carbocycles. The number of hydrogen-bond donors (Lipinski definition) is 1. The van der Waals surface area contributed by atoms with E-state index in [1.165, 1.54) is 10.8 Å². The van der Waals surface area contributed by atoms with Crippen LogP contribution in [-0.2, 0) is 25.8 Å². The van der Waals surface area contributed by atoms with Gasteiger partial charge in [0.05, 0.1) is 5.69 Å². The van der Waals surface area contributed by atoms with Crippen molar-refractivity contribution in [3.63, 3.8) is 0 Å². The van der Waals surface area contributed by atoms with Crippen LogP contribution in [0, 0.1) is 6.92 Å². The number of benzene rings is 1. The molecule has 4 heterocycles. The van der Waals surface area contributed by atoms with Crippen LogP contribution in [0.3, 0.4) is 0 Å². The molecule has 1 N–H and O–H groups in total. The highest BCUT2D eigenvalue weighted by molar-refractivity contribution is 5.95. The van der Waals surface area contributed by atoms with Gasteiger partial charge >= 0.3 is 0 Å². The standard InChI is InChI=1S/C28H30F2N8O3/c1-4-20-22(35-8-10-36(11-9-35)25(40)21-23(39)16(3)31-15-32-21)26(41)38-27(37(20)5-2)33-24(34-38)17-6-7-18-13-28(29,30)14-19(18)12-17/h6-7,12,15,39H,4-5,8-11,13-14H2,1-3H3. The van der Waals surface area contributed by atoms with Crippen molar-refractivity contribution in [3.8, 4) is 17.1 Å². The normalized spacial score (nSPS) is 16.4. The van der Waals surface area contributed by atoms with Crippen LogP contribution >= 0.6 is 0 Å². The fourth-order valence-electron chi connectivity index (χ4n) is 5.85. The van der Waals surface area contributed by atoms with Gasteiger partial charge in [-0.25, -0.2) is 18.7 Å². The molecule has 11 nitrogen and oxygen atoms in total. The molecule has 1 fully saturated rings. The van der Waals surface area contributed by atoms with Gasteiger partial charge in [-0.1, -0.05) is 19.1 Å². The average Bonchev–Trinajstić information content (AvgIpc) is 3.54. The fourth-order valence-corrected chi connectivity index (χ4v) is 5.85. The Morgan fingerprint density at radius 3 is 2.51 bits per heavy atom. The Kier molecular flexibility index (Phi) is 6.46. The molecule has 1 aliphatic heterocycles. The highest BCUT2D eigenvalue weighted by Crippen LogP contribution is 2.36.